The zero-order valence-corrected chi connectivity index (χ0v) is 54.7. The van der Waals surface area contributed by atoms with Crippen molar-refractivity contribution in [3.8, 4) is 46.0 Å². The summed E-state index contributed by atoms with van der Waals surface area (Å²) in [4.78, 5) is 22.3. The molecule has 0 saturated carbocycles. The van der Waals surface area contributed by atoms with Gasteiger partial charge in [-0.3, -0.25) is 9.59 Å². The zero-order valence-electron chi connectivity index (χ0n) is 54.7. The number of carbonyl (C=O) groups excluding carboxylic acids is 2. The monoisotopic (exact) mass is 1280 g/mol. The van der Waals surface area contributed by atoms with Crippen LogP contribution in [0, 0.1) is 0 Å². The van der Waals surface area contributed by atoms with Gasteiger partial charge in [-0.1, -0.05) is 72.8 Å². The van der Waals surface area contributed by atoms with Crippen molar-refractivity contribution in [3.05, 3.63) is 214 Å². The lowest BCUT2D eigenvalue weighted by atomic mass is 10.0. The van der Waals surface area contributed by atoms with Gasteiger partial charge in [-0.2, -0.15) is 0 Å². The summed E-state index contributed by atoms with van der Waals surface area (Å²) in [6.07, 6.45) is 2.54. The van der Waals surface area contributed by atoms with E-state index in [1.165, 1.54) is 12.1 Å². The third-order valence-corrected chi connectivity index (χ3v) is 16.2. The second-order valence-corrected chi connectivity index (χ2v) is 23.5. The van der Waals surface area contributed by atoms with Crippen molar-refractivity contribution >= 4 is 35.6 Å². The number of aliphatic hydroxyl groups excluding tert-OH is 2. The standard InChI is InChI=1S/2C37H46N4O6/c2*1-24(17-26-5-11-30(46-3)12-6-26)38-21-34(28-9-15-35(43)32(19-28)40-23-42)41-33-20-29(10-16-36(33)44)37(45)22-39-25(2)18-27-7-13-31(47-4)14-8-27/h2*5-16,19-20,23-25,34,37-39,41,43-45H,17-18,21-22H2,1-4H3,(H,40,42)/t24-,25-,34+,37+;24-,25-,34-,37+/m11/s1. The minimum Gasteiger partial charge on any atom is -0.506 e. The molecule has 0 bridgehead atoms. The second-order valence-electron chi connectivity index (χ2n) is 23.5. The Morgan fingerprint density at radius 1 is 0.340 bits per heavy atom. The molecule has 8 aromatic carbocycles. The van der Waals surface area contributed by atoms with E-state index in [-0.39, 0.29) is 70.6 Å². The van der Waals surface area contributed by atoms with E-state index in [2.05, 4.69) is 70.2 Å². The molecule has 0 fully saturated rings. The van der Waals surface area contributed by atoms with Crippen molar-refractivity contribution in [1.82, 2.24) is 21.3 Å². The van der Waals surface area contributed by atoms with Gasteiger partial charge in [-0.05, 0) is 195 Å². The third-order valence-electron chi connectivity index (χ3n) is 16.2. The highest BCUT2D eigenvalue weighted by Crippen LogP contribution is 2.36. The molecule has 0 heterocycles. The number of ether oxygens (including phenoxy) is 4. The van der Waals surface area contributed by atoms with Crippen LogP contribution in [-0.2, 0) is 35.3 Å². The van der Waals surface area contributed by atoms with Gasteiger partial charge in [0.1, 0.15) is 46.0 Å². The lowest BCUT2D eigenvalue weighted by Crippen LogP contribution is -2.34. The fourth-order valence-electron chi connectivity index (χ4n) is 10.8. The number of anilines is 4. The number of phenolic OH excluding ortho intramolecular Hbond substituents is 4. The maximum Gasteiger partial charge on any atom is 0.211 e. The Labute approximate surface area is 551 Å². The Bertz CT molecular complexity index is 3370. The molecule has 8 atom stereocenters. The fraction of sp³-hybridized carbons (Fsp3) is 0.324. The number of methoxy groups -OCH3 is 4. The molecule has 20 heteroatoms. The Kier molecular flexibility index (Phi) is 28.0. The number of hydrogen-bond acceptors (Lipinski definition) is 18. The van der Waals surface area contributed by atoms with Crippen LogP contribution >= 0.6 is 0 Å². The van der Waals surface area contributed by atoms with Crippen LogP contribution in [0.1, 0.15) is 96.5 Å². The Balaban J connectivity index is 0.000000266. The number of benzene rings is 8. The highest BCUT2D eigenvalue weighted by molar-refractivity contribution is 5.77. The molecule has 14 N–H and O–H groups in total. The quantitative estimate of drug-likeness (QED) is 0.0128. The summed E-state index contributed by atoms with van der Waals surface area (Å²) in [5, 5.41) is 90.1. The van der Waals surface area contributed by atoms with Gasteiger partial charge in [0.25, 0.3) is 0 Å². The molecule has 500 valence electrons. The van der Waals surface area contributed by atoms with Gasteiger partial charge in [0.15, 0.2) is 0 Å². The van der Waals surface area contributed by atoms with Crippen molar-refractivity contribution in [2.24, 2.45) is 0 Å². The third kappa shape index (κ3) is 22.4. The maximum absolute atomic E-state index is 11.2. The van der Waals surface area contributed by atoms with Crippen LogP contribution < -0.4 is 61.5 Å². The Morgan fingerprint density at radius 2 is 0.585 bits per heavy atom. The molecule has 0 saturated heterocycles. The summed E-state index contributed by atoms with van der Waals surface area (Å²) in [6.45, 7) is 9.89. The molecule has 0 aliphatic heterocycles. The first kappa shape index (κ1) is 71.9. The molecule has 0 aromatic heterocycles. The number of hydrogen-bond donors (Lipinski definition) is 14. The lowest BCUT2D eigenvalue weighted by molar-refractivity contribution is -0.106. The molecule has 8 rings (SSSR count). The van der Waals surface area contributed by atoms with E-state index >= 15 is 0 Å². The zero-order chi connectivity index (χ0) is 67.5. The predicted octanol–water partition coefficient (Wildman–Crippen LogP) is 10.6. The Hall–Kier alpha value is -9.54. The van der Waals surface area contributed by atoms with Gasteiger partial charge >= 0.3 is 0 Å². The minimum atomic E-state index is -0.812. The minimum absolute atomic E-state index is 0.0306. The fourth-order valence-corrected chi connectivity index (χ4v) is 10.8. The maximum atomic E-state index is 11.2. The topological polar surface area (TPSA) is 289 Å². The molecule has 0 aliphatic rings. The van der Waals surface area contributed by atoms with Gasteiger partial charge in [-0.25, -0.2) is 0 Å². The molecule has 2 amide bonds. The summed E-state index contributed by atoms with van der Waals surface area (Å²) in [5.74, 6) is 3.18. The van der Waals surface area contributed by atoms with E-state index in [0.717, 1.165) is 82.1 Å². The van der Waals surface area contributed by atoms with Gasteiger partial charge in [-0.15, -0.1) is 0 Å². The van der Waals surface area contributed by atoms with Crippen LogP contribution in [0.2, 0.25) is 0 Å². The van der Waals surface area contributed by atoms with Gasteiger partial charge in [0.2, 0.25) is 12.8 Å². The molecular formula is C74H92N8O12. The van der Waals surface area contributed by atoms with E-state index in [1.807, 2.05) is 97.1 Å². The molecule has 20 nitrogen and oxygen atoms in total. The van der Waals surface area contributed by atoms with Gasteiger partial charge in [0, 0.05) is 50.3 Å². The van der Waals surface area contributed by atoms with E-state index in [0.29, 0.717) is 61.5 Å². The van der Waals surface area contributed by atoms with Gasteiger partial charge in [0.05, 0.1) is 75.5 Å². The van der Waals surface area contributed by atoms with E-state index in [4.69, 9.17) is 18.9 Å². The largest absolute Gasteiger partial charge is 0.506 e. The first-order valence-corrected chi connectivity index (χ1v) is 31.4. The van der Waals surface area contributed by atoms with E-state index < -0.39 is 12.2 Å². The molecule has 8 aromatic rings. The molecule has 0 spiro atoms. The van der Waals surface area contributed by atoms with Crippen molar-refractivity contribution in [1.29, 1.82) is 0 Å². The number of phenols is 4. The number of amides is 2. The summed E-state index contributed by atoms with van der Waals surface area (Å²) in [7, 11) is 6.57. The molecule has 0 aliphatic carbocycles. The number of aliphatic hydroxyl groups is 2. The van der Waals surface area contributed by atoms with Crippen LogP contribution in [0.15, 0.2) is 170 Å². The number of carbonyl (C=O) groups is 2. The van der Waals surface area contributed by atoms with E-state index in [1.54, 1.807) is 89.1 Å². The molecular weight excluding hydrogens is 1190 g/mol. The molecule has 0 radical (unpaired) electrons. The highest BCUT2D eigenvalue weighted by Gasteiger charge is 2.22. The van der Waals surface area contributed by atoms with Crippen molar-refractivity contribution in [2.75, 3.05) is 75.9 Å². The SMILES string of the molecule is COc1ccc(C[C@@H](C)NC[C@H](Nc2cc([C@@H](O)CN[C@H](C)Cc3ccc(OC)cc3)ccc2O)c2ccc(O)c(NC=O)c2)cc1.COc1ccc(C[C@@H](C)NC[C@H](O)c2ccc(O)c(N[C@H](CN[C@H](C)Cc3ccc(OC)cc3)c3ccc(O)c(NC=O)c3)c2)cc1. The molecule has 94 heavy (non-hydrogen) atoms. The average molecular weight is 1290 g/mol. The number of nitrogens with one attached hydrogen (secondary N) is 8. The number of aromatic hydroxyl groups is 4. The Morgan fingerprint density at radius 3 is 0.851 bits per heavy atom. The van der Waals surface area contributed by atoms with Crippen molar-refractivity contribution in [2.45, 2.75) is 102 Å². The van der Waals surface area contributed by atoms with Crippen LogP contribution in [0.4, 0.5) is 22.7 Å². The molecule has 0 unspecified atom stereocenters. The number of rotatable bonds is 36. The summed E-state index contributed by atoms with van der Waals surface area (Å²) < 4.78 is 21.0. The van der Waals surface area contributed by atoms with Crippen molar-refractivity contribution < 1.29 is 59.2 Å². The van der Waals surface area contributed by atoms with Crippen LogP contribution in [-0.4, -0.2) is 122 Å². The summed E-state index contributed by atoms with van der Waals surface area (Å²) >= 11 is 0. The smallest absolute Gasteiger partial charge is 0.211 e. The van der Waals surface area contributed by atoms with Crippen LogP contribution in [0.5, 0.6) is 46.0 Å². The second kappa shape index (κ2) is 36.6. The normalized spacial score (nSPS) is 13.6. The van der Waals surface area contributed by atoms with Crippen LogP contribution in [0.3, 0.4) is 0 Å². The van der Waals surface area contributed by atoms with E-state index in [9.17, 15) is 40.2 Å². The highest BCUT2D eigenvalue weighted by atomic mass is 16.5. The van der Waals surface area contributed by atoms with Crippen LogP contribution in [0.25, 0.3) is 0 Å². The summed E-state index contributed by atoms with van der Waals surface area (Å²) in [5.41, 5.74) is 8.91. The average Bonchev–Trinajstić information content (AvgIpc) is 0.886. The predicted molar refractivity (Wildman–Crippen MR) is 371 cm³/mol. The van der Waals surface area contributed by atoms with Gasteiger partial charge < -0.3 is 92.1 Å². The van der Waals surface area contributed by atoms with Crippen molar-refractivity contribution in [3.63, 3.8) is 0 Å². The first-order chi connectivity index (χ1) is 45.4. The summed E-state index contributed by atoms with van der Waals surface area (Å²) in [6, 6.07) is 51.4. The first-order valence-electron chi connectivity index (χ1n) is 31.4. The lowest BCUT2D eigenvalue weighted by Gasteiger charge is -2.25.